The number of nitrogens with two attached hydrogens (primary N) is 1. The Morgan fingerprint density at radius 1 is 1.31 bits per heavy atom. The summed E-state index contributed by atoms with van der Waals surface area (Å²) in [5, 5.41) is 3.93. The molecule has 1 rings (SSSR count). The molecule has 0 spiro atoms. The Morgan fingerprint density at radius 2 is 1.94 bits per heavy atom. The zero-order valence-electron chi connectivity index (χ0n) is 10.7. The molecular formula is C11H21N3O2. The number of rotatable bonds is 5. The van der Waals surface area contributed by atoms with E-state index in [0.29, 0.717) is 11.7 Å². The molecule has 1 aromatic rings. The Balaban J connectivity index is 3.03. The third-order valence-corrected chi connectivity index (χ3v) is 3.25. The van der Waals surface area contributed by atoms with Crippen molar-refractivity contribution in [3.63, 3.8) is 0 Å². The number of nitrogens with zero attached hydrogens (tertiary/aromatic N) is 2. The number of ether oxygens (including phenoxy) is 1. The second-order valence-corrected chi connectivity index (χ2v) is 4.48. The van der Waals surface area contributed by atoms with Crippen LogP contribution in [-0.2, 0) is 15.9 Å². The van der Waals surface area contributed by atoms with Crippen molar-refractivity contribution >= 4 is 0 Å². The first-order valence-electron chi connectivity index (χ1n) is 5.58. The lowest BCUT2D eigenvalue weighted by molar-refractivity contribution is -0.0272. The van der Waals surface area contributed by atoms with Gasteiger partial charge in [-0.25, -0.2) is 0 Å². The molecule has 0 aliphatic heterocycles. The van der Waals surface area contributed by atoms with Crippen LogP contribution >= 0.6 is 0 Å². The first-order valence-corrected chi connectivity index (χ1v) is 5.58. The van der Waals surface area contributed by atoms with Gasteiger partial charge in [-0.05, 0) is 26.7 Å². The maximum absolute atomic E-state index is 6.05. The molecule has 92 valence electrons. The van der Waals surface area contributed by atoms with Crippen molar-refractivity contribution in [2.45, 2.75) is 51.7 Å². The van der Waals surface area contributed by atoms with Crippen molar-refractivity contribution in [2.75, 3.05) is 7.11 Å². The summed E-state index contributed by atoms with van der Waals surface area (Å²) in [6.45, 7) is 7.81. The predicted molar refractivity (Wildman–Crippen MR) is 60.8 cm³/mol. The minimum absolute atomic E-state index is 0.484. The highest BCUT2D eigenvalue weighted by Gasteiger charge is 2.34. The molecule has 0 fully saturated rings. The first-order chi connectivity index (χ1) is 7.39. The van der Waals surface area contributed by atoms with Crippen molar-refractivity contribution in [3.8, 4) is 0 Å². The van der Waals surface area contributed by atoms with Gasteiger partial charge in [-0.3, -0.25) is 0 Å². The lowest BCUT2D eigenvalue weighted by Gasteiger charge is -2.21. The largest absolute Gasteiger partial charge is 0.369 e. The molecule has 0 saturated heterocycles. The smallest absolute Gasteiger partial charge is 0.258 e. The van der Waals surface area contributed by atoms with Crippen molar-refractivity contribution in [1.29, 1.82) is 0 Å². The highest BCUT2D eigenvalue weighted by Crippen LogP contribution is 2.28. The summed E-state index contributed by atoms with van der Waals surface area (Å²) in [5.41, 5.74) is 4.97. The summed E-state index contributed by atoms with van der Waals surface area (Å²) in [4.78, 5) is 4.34. The normalized spacial score (nSPS) is 19.1. The fourth-order valence-corrected chi connectivity index (χ4v) is 1.21. The lowest BCUT2D eigenvalue weighted by atomic mass is 9.99. The van der Waals surface area contributed by atoms with Crippen molar-refractivity contribution in [3.05, 3.63) is 11.7 Å². The average molecular weight is 227 g/mol. The summed E-state index contributed by atoms with van der Waals surface area (Å²) in [7, 11) is 1.63. The quantitative estimate of drug-likeness (QED) is 0.831. The van der Waals surface area contributed by atoms with E-state index in [0.717, 1.165) is 12.8 Å². The summed E-state index contributed by atoms with van der Waals surface area (Å²) >= 11 is 0. The van der Waals surface area contributed by atoms with Crippen LogP contribution in [0.25, 0.3) is 0 Å². The van der Waals surface area contributed by atoms with Gasteiger partial charge in [-0.1, -0.05) is 19.0 Å². The highest BCUT2D eigenvalue weighted by atomic mass is 16.5. The molecule has 0 amide bonds. The van der Waals surface area contributed by atoms with E-state index in [1.807, 2.05) is 27.7 Å². The number of hydrogen-bond donors (Lipinski definition) is 1. The van der Waals surface area contributed by atoms with E-state index in [9.17, 15) is 0 Å². The molecular weight excluding hydrogens is 206 g/mol. The van der Waals surface area contributed by atoms with Gasteiger partial charge >= 0.3 is 0 Å². The standard InChI is InChI=1S/C11H21N3O2/c1-6-10(3,12)8-13-9(16-14-8)11(4,7-2)15-5/h6-7,12H2,1-5H3. The zero-order valence-corrected chi connectivity index (χ0v) is 10.7. The molecule has 2 atom stereocenters. The van der Waals surface area contributed by atoms with Gasteiger partial charge in [0.05, 0.1) is 5.54 Å². The highest BCUT2D eigenvalue weighted by molar-refractivity contribution is 5.04. The third kappa shape index (κ3) is 2.25. The van der Waals surface area contributed by atoms with Gasteiger partial charge in [0.2, 0.25) is 0 Å². The van der Waals surface area contributed by atoms with Crippen LogP contribution in [0.2, 0.25) is 0 Å². The van der Waals surface area contributed by atoms with Crippen LogP contribution < -0.4 is 5.73 Å². The molecule has 1 aromatic heterocycles. The van der Waals surface area contributed by atoms with Gasteiger partial charge in [-0.2, -0.15) is 4.98 Å². The van der Waals surface area contributed by atoms with Crippen molar-refractivity contribution in [1.82, 2.24) is 10.1 Å². The summed E-state index contributed by atoms with van der Waals surface area (Å²) in [5.74, 6) is 1.01. The number of methoxy groups -OCH3 is 1. The minimum Gasteiger partial charge on any atom is -0.369 e. The van der Waals surface area contributed by atoms with Crippen LogP contribution in [0, 0.1) is 0 Å². The van der Waals surface area contributed by atoms with Gasteiger partial charge < -0.3 is 15.0 Å². The Morgan fingerprint density at radius 3 is 2.38 bits per heavy atom. The Bertz CT molecular complexity index is 343. The first kappa shape index (κ1) is 13.1. The maximum atomic E-state index is 6.05. The third-order valence-electron chi connectivity index (χ3n) is 3.25. The van der Waals surface area contributed by atoms with Crippen LogP contribution in [0.15, 0.2) is 4.52 Å². The summed E-state index contributed by atoms with van der Waals surface area (Å²) in [6, 6.07) is 0. The van der Waals surface area contributed by atoms with Crippen LogP contribution in [0.3, 0.4) is 0 Å². The molecule has 0 aromatic carbocycles. The Labute approximate surface area is 96.4 Å². The molecule has 0 bridgehead atoms. The van der Waals surface area contributed by atoms with E-state index < -0.39 is 11.1 Å². The molecule has 5 heteroatoms. The van der Waals surface area contributed by atoms with Gasteiger partial charge in [0.1, 0.15) is 5.60 Å². The monoisotopic (exact) mass is 227 g/mol. The van der Waals surface area contributed by atoms with Gasteiger partial charge in [0.25, 0.3) is 5.89 Å². The van der Waals surface area contributed by atoms with E-state index in [1.165, 1.54) is 0 Å². The van der Waals surface area contributed by atoms with E-state index in [2.05, 4.69) is 10.1 Å². The van der Waals surface area contributed by atoms with Gasteiger partial charge in [0.15, 0.2) is 5.82 Å². The van der Waals surface area contributed by atoms with Gasteiger partial charge in [-0.15, -0.1) is 0 Å². The Kier molecular flexibility index (Phi) is 3.70. The number of hydrogen-bond acceptors (Lipinski definition) is 5. The summed E-state index contributed by atoms with van der Waals surface area (Å²) in [6.07, 6.45) is 1.51. The topological polar surface area (TPSA) is 74.2 Å². The molecule has 5 nitrogen and oxygen atoms in total. The fraction of sp³-hybridized carbons (Fsp3) is 0.818. The molecule has 0 aliphatic carbocycles. The molecule has 0 saturated carbocycles. The van der Waals surface area contributed by atoms with Crippen LogP contribution in [-0.4, -0.2) is 17.3 Å². The maximum Gasteiger partial charge on any atom is 0.258 e. The van der Waals surface area contributed by atoms with Crippen LogP contribution in [0.4, 0.5) is 0 Å². The second kappa shape index (κ2) is 4.51. The van der Waals surface area contributed by atoms with Crippen LogP contribution in [0.5, 0.6) is 0 Å². The molecule has 16 heavy (non-hydrogen) atoms. The van der Waals surface area contributed by atoms with Crippen molar-refractivity contribution < 1.29 is 9.26 Å². The Hall–Kier alpha value is -0.940. The predicted octanol–water partition coefficient (Wildman–Crippen LogP) is 1.93. The lowest BCUT2D eigenvalue weighted by Crippen LogP contribution is -2.33. The molecule has 0 aliphatic rings. The van der Waals surface area contributed by atoms with Crippen LogP contribution in [0.1, 0.15) is 52.3 Å². The number of aromatic nitrogens is 2. The summed E-state index contributed by atoms with van der Waals surface area (Å²) < 4.78 is 10.6. The van der Waals surface area contributed by atoms with E-state index in [1.54, 1.807) is 7.11 Å². The molecule has 2 N–H and O–H groups in total. The zero-order chi connectivity index (χ0) is 12.4. The van der Waals surface area contributed by atoms with Crippen molar-refractivity contribution in [2.24, 2.45) is 5.73 Å². The molecule has 1 heterocycles. The second-order valence-electron chi connectivity index (χ2n) is 4.48. The van der Waals surface area contributed by atoms with Gasteiger partial charge in [0, 0.05) is 7.11 Å². The molecule has 0 radical (unpaired) electrons. The fourth-order valence-electron chi connectivity index (χ4n) is 1.21. The average Bonchev–Trinajstić information content (AvgIpc) is 2.78. The molecule has 2 unspecified atom stereocenters. The van der Waals surface area contributed by atoms with E-state index >= 15 is 0 Å². The van der Waals surface area contributed by atoms with E-state index in [-0.39, 0.29) is 0 Å². The minimum atomic E-state index is -0.551. The van der Waals surface area contributed by atoms with E-state index in [4.69, 9.17) is 15.0 Å². The SMILES string of the molecule is CCC(C)(N)c1noc(C(C)(CC)OC)n1.